The molecule has 3 N–H and O–H groups in total. The van der Waals surface area contributed by atoms with Crippen molar-refractivity contribution in [3.63, 3.8) is 0 Å². The van der Waals surface area contributed by atoms with Gasteiger partial charge in [0.05, 0.1) is 7.11 Å². The Balaban J connectivity index is 3.32. The van der Waals surface area contributed by atoms with E-state index in [1.807, 2.05) is 0 Å². The van der Waals surface area contributed by atoms with Gasteiger partial charge >= 0.3 is 12.1 Å². The first kappa shape index (κ1) is 33.1. The van der Waals surface area contributed by atoms with Crippen LogP contribution in [0.1, 0.15) is 77.8 Å². The Kier molecular flexibility index (Phi) is 14.6. The fourth-order valence-electron chi connectivity index (χ4n) is 3.72. The van der Waals surface area contributed by atoms with Crippen LogP contribution < -0.4 is 10.6 Å². The zero-order chi connectivity index (χ0) is 28.7. The molecule has 1 rings (SSSR count). The summed E-state index contributed by atoms with van der Waals surface area (Å²) in [6.07, 6.45) is 4.98. The van der Waals surface area contributed by atoms with Crippen molar-refractivity contribution in [1.82, 2.24) is 15.5 Å². The highest BCUT2D eigenvalue weighted by Gasteiger charge is 2.35. The van der Waals surface area contributed by atoms with Crippen molar-refractivity contribution >= 4 is 36.5 Å². The summed E-state index contributed by atoms with van der Waals surface area (Å²) < 4.78 is 9.93. The van der Waals surface area contributed by atoms with Crippen molar-refractivity contribution in [2.45, 2.75) is 83.9 Å². The van der Waals surface area contributed by atoms with Crippen molar-refractivity contribution < 1.29 is 33.8 Å². The number of benzene rings is 1. The summed E-state index contributed by atoms with van der Waals surface area (Å²) in [4.78, 5) is 52.7. The predicted octanol–water partition coefficient (Wildman–Crippen LogP) is 3.73. The van der Waals surface area contributed by atoms with Gasteiger partial charge in [-0.1, -0.05) is 51.2 Å². The fraction of sp³-hybridized carbons (Fsp3) is 0.630. The van der Waals surface area contributed by atoms with Crippen LogP contribution in [-0.4, -0.2) is 71.5 Å². The maximum absolute atomic E-state index is 13.8. The number of amides is 3. The number of rotatable bonds is 15. The van der Waals surface area contributed by atoms with Crippen LogP contribution in [-0.2, 0) is 23.9 Å². The molecule has 2 atom stereocenters. The van der Waals surface area contributed by atoms with Crippen molar-refractivity contribution in [3.05, 3.63) is 29.8 Å². The molecule has 1 aromatic rings. The van der Waals surface area contributed by atoms with Crippen LogP contribution in [0.4, 0.5) is 4.79 Å². The lowest BCUT2D eigenvalue weighted by Crippen LogP contribution is -2.54. The monoisotopic (exact) mass is 553 g/mol. The Morgan fingerprint density at radius 3 is 2.18 bits per heavy atom. The smallest absolute Gasteiger partial charge is 0.408 e. The van der Waals surface area contributed by atoms with E-state index in [2.05, 4.69) is 34.9 Å². The molecule has 0 saturated heterocycles. The number of ether oxygens (including phenoxy) is 2. The molecule has 1 aromatic carbocycles. The summed E-state index contributed by atoms with van der Waals surface area (Å²) in [7, 11) is 1.21. The van der Waals surface area contributed by atoms with Crippen LogP contribution in [0.3, 0.4) is 0 Å². The van der Waals surface area contributed by atoms with Gasteiger partial charge in [-0.05, 0) is 44.9 Å². The van der Waals surface area contributed by atoms with Gasteiger partial charge < -0.3 is 30.1 Å². The average molecular weight is 554 g/mol. The first-order valence-corrected chi connectivity index (χ1v) is 13.6. The minimum absolute atomic E-state index is 0.00361. The number of methoxy groups -OCH3 is 1. The number of nitrogens with zero attached hydrogens (tertiary/aromatic N) is 1. The number of hydrogen-bond donors (Lipinski definition) is 4. The molecule has 3 amide bonds. The van der Waals surface area contributed by atoms with E-state index < -0.39 is 41.6 Å². The second kappa shape index (κ2) is 16.8. The van der Waals surface area contributed by atoms with Crippen LogP contribution in [0.15, 0.2) is 24.3 Å². The summed E-state index contributed by atoms with van der Waals surface area (Å²) in [6.45, 7) is 7.10. The number of thiol groups is 1. The molecule has 0 aromatic heterocycles. The van der Waals surface area contributed by atoms with E-state index in [1.54, 1.807) is 20.8 Å². The number of unbranched alkanes of at least 4 members (excludes halogenated alkanes) is 5. The number of phenolic OH excluding ortho intramolecular Hbond substituents is 1. The first-order valence-electron chi connectivity index (χ1n) is 13.0. The molecular weight excluding hydrogens is 510 g/mol. The van der Waals surface area contributed by atoms with Gasteiger partial charge in [0.1, 0.15) is 30.0 Å². The molecule has 0 fully saturated rings. The highest BCUT2D eigenvalue weighted by atomic mass is 32.1. The molecule has 11 heteroatoms. The summed E-state index contributed by atoms with van der Waals surface area (Å²) in [5.74, 6) is -1.80. The molecule has 0 radical (unpaired) electrons. The van der Waals surface area contributed by atoms with E-state index in [9.17, 15) is 24.3 Å². The Morgan fingerprint density at radius 2 is 1.63 bits per heavy atom. The van der Waals surface area contributed by atoms with Gasteiger partial charge in [0.15, 0.2) is 0 Å². The maximum Gasteiger partial charge on any atom is 0.408 e. The third-order valence-corrected chi connectivity index (χ3v) is 5.98. The first-order chi connectivity index (χ1) is 17.9. The molecule has 38 heavy (non-hydrogen) atoms. The molecule has 0 heterocycles. The van der Waals surface area contributed by atoms with Crippen LogP contribution >= 0.6 is 12.6 Å². The molecule has 0 saturated carbocycles. The van der Waals surface area contributed by atoms with Gasteiger partial charge in [0, 0.05) is 12.3 Å². The van der Waals surface area contributed by atoms with Gasteiger partial charge in [-0.25, -0.2) is 4.79 Å². The normalized spacial score (nSPS) is 12.7. The summed E-state index contributed by atoms with van der Waals surface area (Å²) in [5.41, 5.74) is -0.339. The van der Waals surface area contributed by atoms with Crippen LogP contribution in [0, 0.1) is 0 Å². The Hall–Kier alpha value is -2.95. The Morgan fingerprint density at radius 1 is 1.03 bits per heavy atom. The van der Waals surface area contributed by atoms with Crippen LogP contribution in [0.2, 0.25) is 0 Å². The summed E-state index contributed by atoms with van der Waals surface area (Å²) >= 11 is 4.27. The molecule has 0 aliphatic carbocycles. The lowest BCUT2D eigenvalue weighted by molar-refractivity contribution is -0.144. The quantitative estimate of drug-likeness (QED) is 0.148. The largest absolute Gasteiger partial charge is 0.508 e. The molecule has 2 unspecified atom stereocenters. The topological polar surface area (TPSA) is 134 Å². The van der Waals surface area contributed by atoms with Crippen LogP contribution in [0.5, 0.6) is 5.75 Å². The van der Waals surface area contributed by atoms with E-state index in [1.165, 1.54) is 36.3 Å². The van der Waals surface area contributed by atoms with Gasteiger partial charge in [-0.3, -0.25) is 14.4 Å². The van der Waals surface area contributed by atoms with Crippen molar-refractivity contribution in [2.75, 3.05) is 26.0 Å². The number of nitrogens with one attached hydrogen (secondary N) is 2. The van der Waals surface area contributed by atoms with Crippen molar-refractivity contribution in [1.29, 1.82) is 0 Å². The number of carbonyl (C=O) groups excluding carboxylic acids is 4. The summed E-state index contributed by atoms with van der Waals surface area (Å²) in [5, 5.41) is 14.9. The second-order valence-electron chi connectivity index (χ2n) is 9.97. The van der Waals surface area contributed by atoms with Gasteiger partial charge in [0.2, 0.25) is 11.8 Å². The number of hydrogen-bond acceptors (Lipinski definition) is 8. The summed E-state index contributed by atoms with van der Waals surface area (Å²) in [6, 6.07) is 3.70. The maximum atomic E-state index is 13.8. The molecule has 0 bridgehead atoms. The molecule has 10 nitrogen and oxygen atoms in total. The average Bonchev–Trinajstić information content (AvgIpc) is 2.86. The highest BCUT2D eigenvalue weighted by Crippen LogP contribution is 2.25. The van der Waals surface area contributed by atoms with Crippen molar-refractivity contribution in [2.24, 2.45) is 0 Å². The standard InChI is InChI=1S/C27H43N3O7S/c1-6-7-8-9-10-11-16-30(25(34)21(18-38)29-26(35)37-27(2,3)4)23(19-12-14-20(31)15-13-19)24(33)28-17-22(32)36-5/h12-15,21,23,31,38H,6-11,16-18H2,1-5H3,(H,28,33)(H,29,35). The third-order valence-electron chi connectivity index (χ3n) is 5.61. The zero-order valence-corrected chi connectivity index (χ0v) is 24.0. The molecule has 0 spiro atoms. The van der Waals surface area contributed by atoms with Crippen molar-refractivity contribution in [3.8, 4) is 5.75 Å². The number of phenols is 1. The molecule has 0 aliphatic heterocycles. The van der Waals surface area contributed by atoms with E-state index >= 15 is 0 Å². The van der Waals surface area contributed by atoms with Gasteiger partial charge in [0.25, 0.3) is 0 Å². The van der Waals surface area contributed by atoms with E-state index in [-0.39, 0.29) is 24.6 Å². The third kappa shape index (κ3) is 12.1. The fourth-order valence-corrected chi connectivity index (χ4v) is 3.97. The van der Waals surface area contributed by atoms with Gasteiger partial charge in [-0.15, -0.1) is 0 Å². The zero-order valence-electron chi connectivity index (χ0n) is 23.1. The number of aromatic hydroxyl groups is 1. The number of carbonyl (C=O) groups is 4. The second-order valence-corrected chi connectivity index (χ2v) is 10.3. The predicted molar refractivity (Wildman–Crippen MR) is 148 cm³/mol. The SMILES string of the molecule is CCCCCCCCN(C(=O)C(CS)NC(=O)OC(C)(C)C)C(C(=O)NCC(=O)OC)c1ccc(O)cc1. The van der Waals surface area contributed by atoms with Gasteiger partial charge in [-0.2, -0.15) is 12.6 Å². The molecular formula is C27H43N3O7S. The number of esters is 1. The van der Waals surface area contributed by atoms with E-state index in [4.69, 9.17) is 4.74 Å². The molecule has 0 aliphatic rings. The minimum atomic E-state index is -1.13. The van der Waals surface area contributed by atoms with Crippen LogP contribution in [0.25, 0.3) is 0 Å². The highest BCUT2D eigenvalue weighted by molar-refractivity contribution is 7.80. The van der Waals surface area contributed by atoms with E-state index in [0.717, 1.165) is 32.1 Å². The molecule has 214 valence electrons. The lowest BCUT2D eigenvalue weighted by Gasteiger charge is -2.34. The van der Waals surface area contributed by atoms with E-state index in [0.29, 0.717) is 12.0 Å². The lowest BCUT2D eigenvalue weighted by atomic mass is 10.0. The minimum Gasteiger partial charge on any atom is -0.508 e. The Bertz CT molecular complexity index is 903. The number of alkyl carbamates (subject to hydrolysis) is 1. The Labute approximate surface area is 231 Å².